The molecule has 4 fully saturated rings. The SMILES string of the molecule is CCCN1CCN(c2ccc(C(=O)N[C@H](C(=O)N3C[C@@H](C(C)(C)C)[C@H]4OCC(=O)[C@H]43)C3CCCCC3)cc2)CC1. The average molecular weight is 553 g/mol. The lowest BCUT2D eigenvalue weighted by Gasteiger charge is -2.36. The molecule has 1 N–H and O–H groups in total. The molecule has 1 aliphatic carbocycles. The molecule has 3 heterocycles. The fourth-order valence-corrected chi connectivity index (χ4v) is 7.27. The molecule has 0 unspecified atom stereocenters. The molecule has 1 aromatic carbocycles. The Morgan fingerprint density at radius 1 is 1.02 bits per heavy atom. The van der Waals surface area contributed by atoms with Crippen LogP contribution in [0.15, 0.2) is 24.3 Å². The first-order chi connectivity index (χ1) is 19.2. The van der Waals surface area contributed by atoms with Crippen molar-refractivity contribution in [2.75, 3.05) is 50.8 Å². The number of piperazine rings is 1. The van der Waals surface area contributed by atoms with Gasteiger partial charge in [0.1, 0.15) is 18.7 Å². The van der Waals surface area contributed by atoms with E-state index in [-0.39, 0.29) is 47.6 Å². The minimum Gasteiger partial charge on any atom is -0.369 e. The summed E-state index contributed by atoms with van der Waals surface area (Å²) in [5, 5.41) is 3.14. The van der Waals surface area contributed by atoms with E-state index in [4.69, 9.17) is 4.74 Å². The number of Topliss-reactive ketones (excluding diaryl/α,β-unsaturated/α-hetero) is 1. The van der Waals surface area contributed by atoms with Crippen LogP contribution in [-0.4, -0.2) is 91.5 Å². The molecule has 5 rings (SSSR count). The molecule has 8 nitrogen and oxygen atoms in total. The van der Waals surface area contributed by atoms with Gasteiger partial charge in [-0.3, -0.25) is 19.3 Å². The number of carbonyl (C=O) groups excluding carboxylic acids is 3. The van der Waals surface area contributed by atoms with Crippen LogP contribution >= 0.6 is 0 Å². The summed E-state index contributed by atoms with van der Waals surface area (Å²) in [6.07, 6.45) is 6.01. The van der Waals surface area contributed by atoms with Gasteiger partial charge in [0.15, 0.2) is 5.78 Å². The van der Waals surface area contributed by atoms with Gasteiger partial charge in [-0.05, 0) is 61.4 Å². The zero-order chi connectivity index (χ0) is 28.4. The molecule has 40 heavy (non-hydrogen) atoms. The molecule has 8 heteroatoms. The Morgan fingerprint density at radius 3 is 2.33 bits per heavy atom. The predicted molar refractivity (Wildman–Crippen MR) is 156 cm³/mol. The van der Waals surface area contributed by atoms with Crippen LogP contribution in [-0.2, 0) is 14.3 Å². The number of hydrogen-bond donors (Lipinski definition) is 1. The molecule has 1 saturated carbocycles. The number of fused-ring (bicyclic) bond motifs is 1. The topological polar surface area (TPSA) is 82.2 Å². The Bertz CT molecular complexity index is 1050. The molecule has 3 aliphatic heterocycles. The third-order valence-electron chi connectivity index (χ3n) is 9.66. The van der Waals surface area contributed by atoms with Gasteiger partial charge in [0, 0.05) is 49.9 Å². The Hall–Kier alpha value is -2.45. The van der Waals surface area contributed by atoms with Gasteiger partial charge in [-0.2, -0.15) is 0 Å². The molecule has 0 spiro atoms. The summed E-state index contributed by atoms with van der Waals surface area (Å²) in [5.74, 6) is -0.215. The molecule has 2 amide bonds. The van der Waals surface area contributed by atoms with Crippen LogP contribution in [0, 0.1) is 17.3 Å². The number of ether oxygens (including phenoxy) is 1. The van der Waals surface area contributed by atoms with Gasteiger partial charge in [-0.1, -0.05) is 47.0 Å². The molecular formula is C32H48N4O4. The van der Waals surface area contributed by atoms with Crippen molar-refractivity contribution in [2.24, 2.45) is 17.3 Å². The van der Waals surface area contributed by atoms with E-state index < -0.39 is 12.1 Å². The zero-order valence-corrected chi connectivity index (χ0v) is 24.9. The Kier molecular flexibility index (Phi) is 8.86. The third-order valence-corrected chi connectivity index (χ3v) is 9.66. The van der Waals surface area contributed by atoms with Crippen LogP contribution in [0.2, 0.25) is 0 Å². The average Bonchev–Trinajstić information content (AvgIpc) is 3.53. The van der Waals surface area contributed by atoms with E-state index in [0.717, 1.165) is 70.5 Å². The van der Waals surface area contributed by atoms with E-state index in [0.29, 0.717) is 12.1 Å². The number of benzene rings is 1. The summed E-state index contributed by atoms with van der Waals surface area (Å²) in [6.45, 7) is 14.4. The Labute approximate surface area is 239 Å². The number of amides is 2. The summed E-state index contributed by atoms with van der Waals surface area (Å²) in [4.78, 5) is 47.2. The number of ketones is 1. The van der Waals surface area contributed by atoms with Crippen LogP contribution in [0.4, 0.5) is 5.69 Å². The van der Waals surface area contributed by atoms with Crippen molar-refractivity contribution in [2.45, 2.75) is 84.4 Å². The van der Waals surface area contributed by atoms with Crippen LogP contribution in [0.25, 0.3) is 0 Å². The summed E-state index contributed by atoms with van der Waals surface area (Å²) < 4.78 is 5.93. The number of rotatable bonds is 7. The second-order valence-corrected chi connectivity index (χ2v) is 13.4. The number of anilines is 1. The fraction of sp³-hybridized carbons (Fsp3) is 0.719. The second kappa shape index (κ2) is 12.2. The minimum atomic E-state index is -0.633. The Morgan fingerprint density at radius 2 is 1.70 bits per heavy atom. The number of hydrogen-bond acceptors (Lipinski definition) is 6. The van der Waals surface area contributed by atoms with Crippen LogP contribution in [0.1, 0.15) is 76.6 Å². The summed E-state index contributed by atoms with van der Waals surface area (Å²) in [7, 11) is 0. The van der Waals surface area contributed by atoms with Gasteiger partial charge >= 0.3 is 0 Å². The van der Waals surface area contributed by atoms with Crippen molar-refractivity contribution < 1.29 is 19.1 Å². The van der Waals surface area contributed by atoms with E-state index in [1.54, 1.807) is 4.90 Å². The highest BCUT2D eigenvalue weighted by Gasteiger charge is 2.56. The van der Waals surface area contributed by atoms with Gasteiger partial charge < -0.3 is 19.9 Å². The molecule has 0 radical (unpaired) electrons. The largest absolute Gasteiger partial charge is 0.369 e. The van der Waals surface area contributed by atoms with Crippen molar-refractivity contribution in [1.82, 2.24) is 15.1 Å². The highest BCUT2D eigenvalue weighted by molar-refractivity contribution is 5.99. The molecule has 0 bridgehead atoms. The normalized spacial score (nSPS) is 27.1. The lowest BCUT2D eigenvalue weighted by molar-refractivity contribution is -0.139. The quantitative estimate of drug-likeness (QED) is 0.555. The maximum absolute atomic E-state index is 14.2. The highest BCUT2D eigenvalue weighted by Crippen LogP contribution is 2.42. The van der Waals surface area contributed by atoms with Crippen molar-refractivity contribution in [3.63, 3.8) is 0 Å². The molecule has 3 saturated heterocycles. The van der Waals surface area contributed by atoms with Gasteiger partial charge in [0.25, 0.3) is 5.91 Å². The van der Waals surface area contributed by atoms with Crippen LogP contribution in [0.5, 0.6) is 0 Å². The van der Waals surface area contributed by atoms with E-state index in [2.05, 4.69) is 42.8 Å². The number of nitrogens with zero attached hydrogens (tertiary/aromatic N) is 3. The van der Waals surface area contributed by atoms with E-state index in [1.807, 2.05) is 24.3 Å². The first-order valence-corrected chi connectivity index (χ1v) is 15.5. The highest BCUT2D eigenvalue weighted by atomic mass is 16.5. The first kappa shape index (κ1) is 29.1. The molecular weight excluding hydrogens is 504 g/mol. The summed E-state index contributed by atoms with van der Waals surface area (Å²) in [6, 6.07) is 6.62. The monoisotopic (exact) mass is 552 g/mol. The van der Waals surface area contributed by atoms with Crippen molar-refractivity contribution >= 4 is 23.3 Å². The zero-order valence-electron chi connectivity index (χ0n) is 24.9. The van der Waals surface area contributed by atoms with Gasteiger partial charge in [0.2, 0.25) is 5.91 Å². The van der Waals surface area contributed by atoms with E-state index in [1.165, 1.54) is 6.42 Å². The van der Waals surface area contributed by atoms with Crippen molar-refractivity contribution in [1.29, 1.82) is 0 Å². The summed E-state index contributed by atoms with van der Waals surface area (Å²) in [5.41, 5.74) is 1.59. The number of likely N-dealkylation sites (tertiary alicyclic amines) is 1. The Balaban J connectivity index is 1.30. The number of carbonyl (C=O) groups is 3. The van der Waals surface area contributed by atoms with Crippen molar-refractivity contribution in [3.8, 4) is 0 Å². The molecule has 0 aromatic heterocycles. The van der Waals surface area contributed by atoms with Gasteiger partial charge in [-0.15, -0.1) is 0 Å². The van der Waals surface area contributed by atoms with Gasteiger partial charge in [-0.25, -0.2) is 0 Å². The number of nitrogens with one attached hydrogen (secondary N) is 1. The molecule has 220 valence electrons. The smallest absolute Gasteiger partial charge is 0.251 e. The second-order valence-electron chi connectivity index (χ2n) is 13.4. The van der Waals surface area contributed by atoms with Gasteiger partial charge in [0.05, 0.1) is 6.10 Å². The first-order valence-electron chi connectivity index (χ1n) is 15.5. The third kappa shape index (κ3) is 6.08. The summed E-state index contributed by atoms with van der Waals surface area (Å²) >= 11 is 0. The van der Waals surface area contributed by atoms with Crippen LogP contribution in [0.3, 0.4) is 0 Å². The van der Waals surface area contributed by atoms with E-state index >= 15 is 0 Å². The lowest BCUT2D eigenvalue weighted by Crippen LogP contribution is -2.55. The molecule has 4 aliphatic rings. The maximum atomic E-state index is 14.2. The standard InChI is InChI=1S/C32H48N4O4/c1-5-15-34-16-18-35(19-17-34)24-13-11-23(12-14-24)30(38)33-27(22-9-7-6-8-10-22)31(39)36-20-25(32(2,3)4)29-28(36)26(37)21-40-29/h11-14,22,25,27-29H,5-10,15-21H2,1-4H3,(H,33,38)/t25-,27+,28-,29-/m1/s1. The van der Waals surface area contributed by atoms with Crippen molar-refractivity contribution in [3.05, 3.63) is 29.8 Å². The fourth-order valence-electron chi connectivity index (χ4n) is 7.27. The van der Waals surface area contributed by atoms with E-state index in [9.17, 15) is 14.4 Å². The predicted octanol–water partition coefficient (Wildman–Crippen LogP) is 3.74. The maximum Gasteiger partial charge on any atom is 0.251 e. The minimum absolute atomic E-state index is 0.0232. The molecule has 4 atom stereocenters. The lowest BCUT2D eigenvalue weighted by atomic mass is 9.78. The molecule has 1 aromatic rings. The van der Waals surface area contributed by atoms with Crippen LogP contribution < -0.4 is 10.2 Å².